The van der Waals surface area contributed by atoms with Crippen molar-refractivity contribution >= 4 is 49.6 Å². The summed E-state index contributed by atoms with van der Waals surface area (Å²) in [4.78, 5) is 2.42. The predicted molar refractivity (Wildman–Crippen MR) is 216 cm³/mol. The van der Waals surface area contributed by atoms with Gasteiger partial charge in [-0.15, -0.1) is 0 Å². The van der Waals surface area contributed by atoms with Crippen molar-refractivity contribution < 1.29 is 0 Å². The summed E-state index contributed by atoms with van der Waals surface area (Å²) in [7, 11) is 0. The van der Waals surface area contributed by atoms with Crippen molar-refractivity contribution in [3.05, 3.63) is 193 Å². The van der Waals surface area contributed by atoms with Crippen LogP contribution in [0.5, 0.6) is 0 Å². The van der Waals surface area contributed by atoms with E-state index in [9.17, 15) is 0 Å². The molecule has 0 saturated carbocycles. The molecule has 2 nitrogen and oxygen atoms in total. The van der Waals surface area contributed by atoms with Gasteiger partial charge in [-0.3, -0.25) is 0 Å². The van der Waals surface area contributed by atoms with Gasteiger partial charge >= 0.3 is 0 Å². The van der Waals surface area contributed by atoms with E-state index in [-0.39, 0.29) is 5.41 Å². The van der Waals surface area contributed by atoms with Crippen molar-refractivity contribution in [2.75, 3.05) is 4.90 Å². The molecular formula is C49H36N2. The van der Waals surface area contributed by atoms with Gasteiger partial charge in [-0.1, -0.05) is 141 Å². The van der Waals surface area contributed by atoms with Crippen molar-refractivity contribution in [1.29, 1.82) is 0 Å². The fourth-order valence-corrected chi connectivity index (χ4v) is 8.57. The molecule has 0 fully saturated rings. The van der Waals surface area contributed by atoms with Crippen LogP contribution in [0.15, 0.2) is 182 Å². The fourth-order valence-electron chi connectivity index (χ4n) is 8.57. The minimum absolute atomic E-state index is 0.0343. The van der Waals surface area contributed by atoms with Crippen molar-refractivity contribution in [3.63, 3.8) is 0 Å². The van der Waals surface area contributed by atoms with Gasteiger partial charge in [0.1, 0.15) is 0 Å². The average molecular weight is 653 g/mol. The number of anilines is 3. The number of benzene rings is 8. The summed E-state index contributed by atoms with van der Waals surface area (Å²) in [6, 6.07) is 66.6. The van der Waals surface area contributed by atoms with Crippen molar-refractivity contribution in [1.82, 2.24) is 4.57 Å². The number of aromatic nitrogens is 1. The van der Waals surface area contributed by atoms with Crippen LogP contribution in [-0.4, -0.2) is 4.57 Å². The maximum atomic E-state index is 2.42. The second-order valence-corrected chi connectivity index (χ2v) is 14.2. The molecule has 8 aromatic carbocycles. The molecule has 0 atom stereocenters. The first-order valence-corrected chi connectivity index (χ1v) is 17.8. The van der Waals surface area contributed by atoms with Crippen LogP contribution in [0.25, 0.3) is 60.5 Å². The van der Waals surface area contributed by atoms with Crippen molar-refractivity contribution in [2.45, 2.75) is 19.3 Å². The Morgan fingerprint density at radius 1 is 0.412 bits per heavy atom. The van der Waals surface area contributed by atoms with Gasteiger partial charge in [-0.2, -0.15) is 0 Å². The Balaban J connectivity index is 1.11. The van der Waals surface area contributed by atoms with Crippen LogP contribution >= 0.6 is 0 Å². The summed E-state index contributed by atoms with van der Waals surface area (Å²) in [5.74, 6) is 0. The van der Waals surface area contributed by atoms with Crippen molar-refractivity contribution in [2.24, 2.45) is 0 Å². The minimum Gasteiger partial charge on any atom is -0.310 e. The zero-order chi connectivity index (χ0) is 34.1. The molecule has 10 rings (SSSR count). The van der Waals surface area contributed by atoms with Gasteiger partial charge in [0, 0.05) is 38.6 Å². The second-order valence-electron chi connectivity index (χ2n) is 14.2. The third-order valence-corrected chi connectivity index (χ3v) is 11.0. The maximum absolute atomic E-state index is 2.42. The molecular weight excluding hydrogens is 617 g/mol. The first kappa shape index (κ1) is 29.5. The summed E-state index contributed by atoms with van der Waals surface area (Å²) < 4.78 is 2.38. The summed E-state index contributed by atoms with van der Waals surface area (Å²) in [5, 5.41) is 5.00. The Bertz CT molecular complexity index is 2720. The topological polar surface area (TPSA) is 8.17 Å². The van der Waals surface area contributed by atoms with E-state index in [1.807, 2.05) is 0 Å². The van der Waals surface area contributed by atoms with Crippen LogP contribution in [0.4, 0.5) is 17.1 Å². The van der Waals surface area contributed by atoms with E-state index < -0.39 is 0 Å². The quantitative estimate of drug-likeness (QED) is 0.180. The molecule has 1 heterocycles. The molecule has 9 aromatic rings. The molecule has 0 saturated heterocycles. The van der Waals surface area contributed by atoms with Gasteiger partial charge in [0.15, 0.2) is 0 Å². The van der Waals surface area contributed by atoms with Gasteiger partial charge in [-0.05, 0) is 93.4 Å². The Hall–Kier alpha value is -6.38. The number of para-hydroxylation sites is 3. The first-order chi connectivity index (χ1) is 25.1. The molecule has 1 aromatic heterocycles. The molecule has 0 radical (unpaired) electrons. The van der Waals surface area contributed by atoms with Crippen molar-refractivity contribution in [3.8, 4) is 27.9 Å². The standard InChI is InChI=1S/C49H36N2/c1-49(2)44-21-11-8-17-39(44)43-32-36(28-30-45(43)49)50(34-14-4-3-5-15-34)48-31-29-37(38-16-6-7-18-40(38)48)33-24-26-35(27-25-33)51-46-22-12-9-19-41(46)42-20-10-13-23-47(42)51/h3-32H,1-2H3. The van der Waals surface area contributed by atoms with Crippen LogP contribution in [0.3, 0.4) is 0 Å². The highest BCUT2D eigenvalue weighted by molar-refractivity contribution is 6.09. The summed E-state index contributed by atoms with van der Waals surface area (Å²) >= 11 is 0. The lowest BCUT2D eigenvalue weighted by Gasteiger charge is -2.28. The maximum Gasteiger partial charge on any atom is 0.0541 e. The third-order valence-electron chi connectivity index (χ3n) is 11.0. The smallest absolute Gasteiger partial charge is 0.0541 e. The summed E-state index contributed by atoms with van der Waals surface area (Å²) in [5.41, 5.74) is 14.9. The van der Waals surface area contributed by atoms with Gasteiger partial charge in [-0.25, -0.2) is 0 Å². The zero-order valence-corrected chi connectivity index (χ0v) is 28.7. The Morgan fingerprint density at radius 3 is 1.73 bits per heavy atom. The first-order valence-electron chi connectivity index (χ1n) is 17.8. The molecule has 2 heteroatoms. The van der Waals surface area contributed by atoms with E-state index >= 15 is 0 Å². The van der Waals surface area contributed by atoms with Gasteiger partial charge in [0.25, 0.3) is 0 Å². The van der Waals surface area contributed by atoms with Crippen LogP contribution < -0.4 is 4.90 Å². The van der Waals surface area contributed by atoms with E-state index in [4.69, 9.17) is 0 Å². The van der Waals surface area contributed by atoms with E-state index in [0.29, 0.717) is 0 Å². The largest absolute Gasteiger partial charge is 0.310 e. The molecule has 1 aliphatic rings. The fraction of sp³-hybridized carbons (Fsp3) is 0.0612. The highest BCUT2D eigenvalue weighted by Crippen LogP contribution is 2.51. The number of nitrogens with zero attached hydrogens (tertiary/aromatic N) is 2. The number of hydrogen-bond acceptors (Lipinski definition) is 1. The van der Waals surface area contributed by atoms with E-state index in [1.165, 1.54) is 66.0 Å². The number of fused-ring (bicyclic) bond motifs is 7. The highest BCUT2D eigenvalue weighted by atomic mass is 15.1. The lowest BCUT2D eigenvalue weighted by molar-refractivity contribution is 0.660. The summed E-state index contributed by atoms with van der Waals surface area (Å²) in [6.07, 6.45) is 0. The molecule has 0 amide bonds. The lowest BCUT2D eigenvalue weighted by Crippen LogP contribution is -2.15. The molecule has 1 aliphatic carbocycles. The Labute approximate surface area is 298 Å². The van der Waals surface area contributed by atoms with Crippen LogP contribution in [0.2, 0.25) is 0 Å². The minimum atomic E-state index is -0.0343. The van der Waals surface area contributed by atoms with Gasteiger partial charge in [0.05, 0.1) is 16.7 Å². The molecule has 0 bridgehead atoms. The Morgan fingerprint density at radius 2 is 1.00 bits per heavy atom. The summed E-state index contributed by atoms with van der Waals surface area (Å²) in [6.45, 7) is 4.68. The monoisotopic (exact) mass is 652 g/mol. The normalized spacial score (nSPS) is 13.1. The average Bonchev–Trinajstić information content (AvgIpc) is 3.64. The SMILES string of the molecule is CC1(C)c2ccccc2-c2cc(N(c3ccccc3)c3ccc(-c4ccc(-n5c6ccccc6c6ccccc65)cc4)c4ccccc34)ccc21. The van der Waals surface area contributed by atoms with Gasteiger partial charge < -0.3 is 9.47 Å². The molecule has 0 unspecified atom stereocenters. The lowest BCUT2D eigenvalue weighted by atomic mass is 9.82. The van der Waals surface area contributed by atoms with Crippen LogP contribution in [-0.2, 0) is 5.41 Å². The van der Waals surface area contributed by atoms with E-state index in [0.717, 1.165) is 22.7 Å². The highest BCUT2D eigenvalue weighted by Gasteiger charge is 2.35. The van der Waals surface area contributed by atoms with Gasteiger partial charge in [0.2, 0.25) is 0 Å². The molecule has 0 spiro atoms. The zero-order valence-electron chi connectivity index (χ0n) is 28.7. The predicted octanol–water partition coefficient (Wildman–Crippen LogP) is 13.4. The van der Waals surface area contributed by atoms with E-state index in [2.05, 4.69) is 205 Å². The Kier molecular flexibility index (Phi) is 6.56. The third kappa shape index (κ3) is 4.50. The van der Waals surface area contributed by atoms with E-state index in [1.54, 1.807) is 0 Å². The second kappa shape index (κ2) is 11.3. The molecule has 51 heavy (non-hydrogen) atoms. The molecule has 0 aliphatic heterocycles. The molecule has 0 N–H and O–H groups in total. The number of hydrogen-bond donors (Lipinski definition) is 0. The number of rotatable bonds is 5. The van der Waals surface area contributed by atoms with Crippen LogP contribution in [0, 0.1) is 0 Å². The molecule has 242 valence electrons. The van der Waals surface area contributed by atoms with Crippen LogP contribution in [0.1, 0.15) is 25.0 Å².